The summed E-state index contributed by atoms with van der Waals surface area (Å²) in [5.41, 5.74) is 1.91. The van der Waals surface area contributed by atoms with E-state index >= 15 is 0 Å². The summed E-state index contributed by atoms with van der Waals surface area (Å²) in [6.45, 7) is 3.33. The summed E-state index contributed by atoms with van der Waals surface area (Å²) in [5.74, 6) is -1.28. The quantitative estimate of drug-likeness (QED) is 0.783. The minimum atomic E-state index is -4.25. The van der Waals surface area contributed by atoms with Crippen LogP contribution in [0.25, 0.3) is 11.0 Å². The Morgan fingerprint density at radius 3 is 2.48 bits per heavy atom. The number of rotatable bonds is 5. The van der Waals surface area contributed by atoms with Crippen molar-refractivity contribution in [2.24, 2.45) is 17.8 Å². The number of aromatic nitrogens is 2. The van der Waals surface area contributed by atoms with Crippen molar-refractivity contribution < 1.29 is 13.2 Å². The molecule has 2 saturated heterocycles. The Hall–Kier alpha value is -2.44. The van der Waals surface area contributed by atoms with Crippen molar-refractivity contribution in [3.63, 3.8) is 0 Å². The highest BCUT2D eigenvalue weighted by Crippen LogP contribution is 2.41. The van der Waals surface area contributed by atoms with Gasteiger partial charge < -0.3 is 15.1 Å². The van der Waals surface area contributed by atoms with Gasteiger partial charge in [-0.3, -0.25) is 9.97 Å². The molecule has 0 spiro atoms. The molecular formula is C22H27F3N6. The maximum absolute atomic E-state index is 13.9. The van der Waals surface area contributed by atoms with E-state index in [9.17, 15) is 18.4 Å². The van der Waals surface area contributed by atoms with Crippen molar-refractivity contribution in [2.75, 3.05) is 51.2 Å². The van der Waals surface area contributed by atoms with Crippen molar-refractivity contribution in [1.82, 2.24) is 20.2 Å². The molecule has 3 heterocycles. The molecule has 31 heavy (non-hydrogen) atoms. The molecule has 2 aromatic rings. The lowest BCUT2D eigenvalue weighted by atomic mass is 9.92. The van der Waals surface area contributed by atoms with Crippen molar-refractivity contribution in [3.05, 3.63) is 30.1 Å². The summed E-state index contributed by atoms with van der Waals surface area (Å²) in [4.78, 5) is 12.5. The first-order chi connectivity index (χ1) is 14.9. The van der Waals surface area contributed by atoms with Crippen LogP contribution in [-0.2, 0) is 0 Å². The normalized spacial score (nSPS) is 23.4. The number of anilines is 1. The van der Waals surface area contributed by atoms with Crippen LogP contribution in [0, 0.1) is 29.1 Å². The minimum Gasteiger partial charge on any atom is -0.369 e. The third kappa shape index (κ3) is 4.60. The molecule has 4 rings (SSSR count). The highest BCUT2D eigenvalue weighted by molar-refractivity contribution is 5.92. The zero-order valence-corrected chi connectivity index (χ0v) is 17.6. The largest absolute Gasteiger partial charge is 0.393 e. The summed E-state index contributed by atoms with van der Waals surface area (Å²) < 4.78 is 41.8. The van der Waals surface area contributed by atoms with E-state index < -0.39 is 18.0 Å². The number of halogens is 3. The fourth-order valence-corrected chi connectivity index (χ4v) is 5.01. The summed E-state index contributed by atoms with van der Waals surface area (Å²) >= 11 is 0. The number of alkyl halides is 3. The lowest BCUT2D eigenvalue weighted by molar-refractivity contribution is -0.180. The molecule has 0 bridgehead atoms. The van der Waals surface area contributed by atoms with Crippen molar-refractivity contribution in [1.29, 1.82) is 5.26 Å². The lowest BCUT2D eigenvalue weighted by Crippen LogP contribution is -2.42. The van der Waals surface area contributed by atoms with Gasteiger partial charge in [0.15, 0.2) is 0 Å². The van der Waals surface area contributed by atoms with Gasteiger partial charge in [0.05, 0.1) is 17.2 Å². The first kappa shape index (κ1) is 21.8. The van der Waals surface area contributed by atoms with Gasteiger partial charge in [-0.05, 0) is 57.6 Å². The van der Waals surface area contributed by atoms with Gasteiger partial charge >= 0.3 is 6.18 Å². The van der Waals surface area contributed by atoms with Gasteiger partial charge in [-0.25, -0.2) is 0 Å². The number of benzene rings is 1. The van der Waals surface area contributed by atoms with E-state index in [1.54, 1.807) is 17.0 Å². The number of nitrogens with one attached hydrogen (secondary N) is 1. The molecule has 2 atom stereocenters. The number of piperidine rings is 1. The van der Waals surface area contributed by atoms with Crippen LogP contribution in [0.3, 0.4) is 0 Å². The van der Waals surface area contributed by atoms with Crippen LogP contribution in [0.1, 0.15) is 18.4 Å². The lowest BCUT2D eigenvalue weighted by Gasteiger charge is -2.34. The highest BCUT2D eigenvalue weighted by atomic mass is 19.4. The van der Waals surface area contributed by atoms with Crippen molar-refractivity contribution in [2.45, 2.75) is 19.0 Å². The Bertz CT molecular complexity index is 948. The topological polar surface area (TPSA) is 68.1 Å². The van der Waals surface area contributed by atoms with E-state index in [1.165, 1.54) is 12.4 Å². The molecule has 1 aromatic carbocycles. The molecule has 0 unspecified atom stereocenters. The summed E-state index contributed by atoms with van der Waals surface area (Å²) in [5, 5.41) is 12.5. The summed E-state index contributed by atoms with van der Waals surface area (Å²) in [7, 11) is 1.94. The van der Waals surface area contributed by atoms with Crippen LogP contribution in [0.4, 0.5) is 18.9 Å². The number of nitrogens with zero attached hydrogens (tertiary/aromatic N) is 5. The Kier molecular flexibility index (Phi) is 6.30. The predicted molar refractivity (Wildman–Crippen MR) is 113 cm³/mol. The fourth-order valence-electron chi connectivity index (χ4n) is 5.01. The molecule has 2 aliphatic heterocycles. The number of nitriles is 1. The zero-order valence-electron chi connectivity index (χ0n) is 17.6. The minimum absolute atomic E-state index is 0.0953. The molecule has 6 nitrogen and oxygen atoms in total. The fraction of sp³-hybridized carbons (Fsp3) is 0.591. The van der Waals surface area contributed by atoms with Crippen LogP contribution in [-0.4, -0.2) is 67.4 Å². The van der Waals surface area contributed by atoms with Crippen LogP contribution in [0.2, 0.25) is 0 Å². The molecule has 166 valence electrons. The number of fused-ring (bicyclic) bond motifs is 1. The SMILES string of the molecule is CNCC1CCN(C[C@H]2CN(c3ccc(C#N)c4nccnc34)C[C@@H]2C(F)(F)F)CC1. The molecule has 0 amide bonds. The van der Waals surface area contributed by atoms with Crippen LogP contribution in [0.5, 0.6) is 0 Å². The molecule has 2 aliphatic rings. The van der Waals surface area contributed by atoms with Gasteiger partial charge in [0.2, 0.25) is 0 Å². The predicted octanol–water partition coefficient (Wildman–Crippen LogP) is 3.05. The number of hydrogen-bond donors (Lipinski definition) is 1. The van der Waals surface area contributed by atoms with E-state index in [0.717, 1.165) is 32.5 Å². The maximum atomic E-state index is 13.9. The van der Waals surface area contributed by atoms with Crippen LogP contribution in [0.15, 0.2) is 24.5 Å². The van der Waals surface area contributed by atoms with Gasteiger partial charge in [-0.2, -0.15) is 18.4 Å². The van der Waals surface area contributed by atoms with Gasteiger partial charge in [0.25, 0.3) is 0 Å². The Labute approximate surface area is 180 Å². The number of hydrogen-bond acceptors (Lipinski definition) is 6. The first-order valence-corrected chi connectivity index (χ1v) is 10.7. The monoisotopic (exact) mass is 432 g/mol. The van der Waals surface area contributed by atoms with Crippen LogP contribution < -0.4 is 10.2 Å². The molecule has 0 radical (unpaired) electrons. The molecule has 1 N–H and O–H groups in total. The van der Waals surface area contributed by atoms with E-state index in [4.69, 9.17) is 0 Å². The smallest absolute Gasteiger partial charge is 0.369 e. The average Bonchev–Trinajstić information content (AvgIpc) is 3.18. The Balaban J connectivity index is 1.54. The number of likely N-dealkylation sites (tertiary alicyclic amines) is 1. The third-order valence-corrected chi connectivity index (χ3v) is 6.62. The molecule has 9 heteroatoms. The van der Waals surface area contributed by atoms with E-state index in [1.807, 2.05) is 7.05 Å². The van der Waals surface area contributed by atoms with Gasteiger partial charge in [0, 0.05) is 37.9 Å². The van der Waals surface area contributed by atoms with Gasteiger partial charge in [-0.1, -0.05) is 0 Å². The molecular weight excluding hydrogens is 405 g/mol. The third-order valence-electron chi connectivity index (χ3n) is 6.62. The highest BCUT2D eigenvalue weighted by Gasteiger charge is 2.50. The molecule has 1 aromatic heterocycles. The standard InChI is InChI=1S/C22H27F3N6/c1-27-11-15-4-8-30(9-5-15)12-17-13-31(14-18(17)22(23,24)25)19-3-2-16(10-26)20-21(19)29-7-6-28-20/h2-3,6-7,15,17-18,27H,4-5,8-9,11-14H2,1H3/t17-,18-/m0/s1. The van der Waals surface area contributed by atoms with E-state index in [0.29, 0.717) is 41.3 Å². The molecule has 0 saturated carbocycles. The Morgan fingerprint density at radius 1 is 1.13 bits per heavy atom. The average molecular weight is 432 g/mol. The second-order valence-electron chi connectivity index (χ2n) is 8.61. The Morgan fingerprint density at radius 2 is 1.84 bits per heavy atom. The maximum Gasteiger partial charge on any atom is 0.393 e. The van der Waals surface area contributed by atoms with E-state index in [2.05, 4.69) is 26.3 Å². The van der Waals surface area contributed by atoms with Gasteiger partial charge in [-0.15, -0.1) is 0 Å². The van der Waals surface area contributed by atoms with E-state index in [-0.39, 0.29) is 6.54 Å². The molecule has 0 aliphatic carbocycles. The zero-order chi connectivity index (χ0) is 22.0. The first-order valence-electron chi connectivity index (χ1n) is 10.7. The van der Waals surface area contributed by atoms with Crippen molar-refractivity contribution in [3.8, 4) is 6.07 Å². The van der Waals surface area contributed by atoms with Crippen LogP contribution >= 0.6 is 0 Å². The summed E-state index contributed by atoms with van der Waals surface area (Å²) in [6, 6.07) is 5.41. The molecule has 2 fully saturated rings. The second-order valence-corrected chi connectivity index (χ2v) is 8.61. The summed E-state index contributed by atoms with van der Waals surface area (Å²) in [6.07, 6.45) is 0.790. The van der Waals surface area contributed by atoms with Crippen molar-refractivity contribution >= 4 is 16.7 Å². The van der Waals surface area contributed by atoms with Gasteiger partial charge in [0.1, 0.15) is 17.1 Å². The second kappa shape index (κ2) is 8.97.